The second-order valence-electron chi connectivity index (χ2n) is 7.15. The zero-order chi connectivity index (χ0) is 16.0. The molecule has 0 saturated carbocycles. The SMILES string of the molecule is CCN(Cc1ccc(CNC(C)(C)C)s1)C(C)CN(C)C. The zero-order valence-electron chi connectivity index (χ0n) is 14.9. The number of rotatable bonds is 8. The van der Waals surface area contributed by atoms with Gasteiger partial charge in [-0.15, -0.1) is 11.3 Å². The van der Waals surface area contributed by atoms with Crippen LogP contribution in [0.2, 0.25) is 0 Å². The van der Waals surface area contributed by atoms with Crippen LogP contribution < -0.4 is 5.32 Å². The molecule has 1 rings (SSSR count). The second kappa shape index (κ2) is 8.28. The van der Waals surface area contributed by atoms with Crippen LogP contribution in [0.3, 0.4) is 0 Å². The quantitative estimate of drug-likeness (QED) is 0.794. The van der Waals surface area contributed by atoms with Gasteiger partial charge in [0.2, 0.25) is 0 Å². The molecule has 21 heavy (non-hydrogen) atoms. The molecular formula is C17H33N3S. The van der Waals surface area contributed by atoms with E-state index in [0.29, 0.717) is 6.04 Å². The van der Waals surface area contributed by atoms with E-state index in [1.54, 1.807) is 0 Å². The van der Waals surface area contributed by atoms with E-state index in [4.69, 9.17) is 0 Å². The number of likely N-dealkylation sites (N-methyl/N-ethyl adjacent to an activating group) is 2. The highest BCUT2D eigenvalue weighted by molar-refractivity contribution is 7.11. The first-order valence-corrected chi connectivity index (χ1v) is 8.74. The van der Waals surface area contributed by atoms with Crippen LogP contribution >= 0.6 is 11.3 Å². The van der Waals surface area contributed by atoms with Gasteiger partial charge >= 0.3 is 0 Å². The summed E-state index contributed by atoms with van der Waals surface area (Å²) in [5.74, 6) is 0. The summed E-state index contributed by atoms with van der Waals surface area (Å²) in [6.07, 6.45) is 0. The lowest BCUT2D eigenvalue weighted by Crippen LogP contribution is -2.39. The van der Waals surface area contributed by atoms with Crippen LogP contribution in [0.15, 0.2) is 12.1 Å². The van der Waals surface area contributed by atoms with Gasteiger partial charge in [-0.25, -0.2) is 0 Å². The lowest BCUT2D eigenvalue weighted by atomic mass is 10.1. The van der Waals surface area contributed by atoms with Crippen LogP contribution in [0.4, 0.5) is 0 Å². The van der Waals surface area contributed by atoms with Gasteiger partial charge in [0.1, 0.15) is 0 Å². The van der Waals surface area contributed by atoms with Crippen LogP contribution in [-0.4, -0.2) is 48.6 Å². The molecule has 1 heterocycles. The Morgan fingerprint density at radius 2 is 1.81 bits per heavy atom. The molecule has 1 N–H and O–H groups in total. The van der Waals surface area contributed by atoms with Crippen molar-refractivity contribution in [3.8, 4) is 0 Å². The number of nitrogens with one attached hydrogen (secondary N) is 1. The van der Waals surface area contributed by atoms with Crippen LogP contribution in [-0.2, 0) is 13.1 Å². The molecular weight excluding hydrogens is 278 g/mol. The molecule has 0 saturated heterocycles. The maximum Gasteiger partial charge on any atom is 0.0331 e. The Morgan fingerprint density at radius 1 is 1.19 bits per heavy atom. The smallest absolute Gasteiger partial charge is 0.0331 e. The van der Waals surface area contributed by atoms with Gasteiger partial charge in [0.05, 0.1) is 0 Å². The van der Waals surface area contributed by atoms with Gasteiger partial charge < -0.3 is 10.2 Å². The third-order valence-electron chi connectivity index (χ3n) is 3.53. The number of hydrogen-bond acceptors (Lipinski definition) is 4. The number of nitrogens with zero attached hydrogens (tertiary/aromatic N) is 2. The Bertz CT molecular complexity index is 406. The van der Waals surface area contributed by atoms with Crippen LogP contribution in [0.1, 0.15) is 44.4 Å². The lowest BCUT2D eigenvalue weighted by Gasteiger charge is -2.29. The summed E-state index contributed by atoms with van der Waals surface area (Å²) in [7, 11) is 4.29. The fraction of sp³-hybridized carbons (Fsp3) is 0.765. The Morgan fingerprint density at radius 3 is 2.33 bits per heavy atom. The predicted octanol–water partition coefficient (Wildman–Crippen LogP) is 3.41. The van der Waals surface area contributed by atoms with Crippen molar-refractivity contribution in [3.05, 3.63) is 21.9 Å². The lowest BCUT2D eigenvalue weighted by molar-refractivity contribution is 0.175. The normalized spacial score (nSPS) is 14.1. The van der Waals surface area contributed by atoms with E-state index in [9.17, 15) is 0 Å². The molecule has 0 aliphatic rings. The molecule has 0 aliphatic carbocycles. The predicted molar refractivity (Wildman–Crippen MR) is 95.0 cm³/mol. The summed E-state index contributed by atoms with van der Waals surface area (Å²) in [5, 5.41) is 3.56. The van der Waals surface area contributed by atoms with E-state index in [-0.39, 0.29) is 5.54 Å². The van der Waals surface area contributed by atoms with Gasteiger partial charge in [0.15, 0.2) is 0 Å². The Balaban J connectivity index is 2.55. The average Bonchev–Trinajstić information content (AvgIpc) is 2.79. The molecule has 1 atom stereocenters. The fourth-order valence-electron chi connectivity index (χ4n) is 2.38. The Kier molecular flexibility index (Phi) is 7.34. The first-order valence-electron chi connectivity index (χ1n) is 7.92. The van der Waals surface area contributed by atoms with Crippen LogP contribution in [0, 0.1) is 0 Å². The van der Waals surface area contributed by atoms with E-state index < -0.39 is 0 Å². The summed E-state index contributed by atoms with van der Waals surface area (Å²) in [5.41, 5.74) is 0.180. The average molecular weight is 312 g/mol. The maximum atomic E-state index is 3.56. The molecule has 1 unspecified atom stereocenters. The van der Waals surface area contributed by atoms with E-state index in [0.717, 1.165) is 26.2 Å². The summed E-state index contributed by atoms with van der Waals surface area (Å²) >= 11 is 1.94. The minimum Gasteiger partial charge on any atom is -0.308 e. The van der Waals surface area contributed by atoms with Gasteiger partial charge in [-0.05, 0) is 60.5 Å². The molecule has 0 aromatic carbocycles. The highest BCUT2D eigenvalue weighted by Crippen LogP contribution is 2.20. The van der Waals surface area contributed by atoms with E-state index in [1.165, 1.54) is 9.75 Å². The monoisotopic (exact) mass is 311 g/mol. The molecule has 0 radical (unpaired) electrons. The standard InChI is InChI=1S/C17H33N3S/c1-8-20(14(2)12-19(6)7)13-16-10-9-15(21-16)11-18-17(3,4)5/h9-10,14,18H,8,11-13H2,1-7H3. The van der Waals surface area contributed by atoms with Crippen molar-refractivity contribution in [3.63, 3.8) is 0 Å². The van der Waals surface area contributed by atoms with Gasteiger partial charge in [0, 0.05) is 41.0 Å². The van der Waals surface area contributed by atoms with Crippen molar-refractivity contribution < 1.29 is 0 Å². The Hall–Kier alpha value is -0.420. The van der Waals surface area contributed by atoms with E-state index >= 15 is 0 Å². The third-order valence-corrected chi connectivity index (χ3v) is 4.60. The largest absolute Gasteiger partial charge is 0.308 e. The maximum absolute atomic E-state index is 3.56. The van der Waals surface area contributed by atoms with Gasteiger partial charge in [-0.1, -0.05) is 6.92 Å². The summed E-state index contributed by atoms with van der Waals surface area (Å²) in [6, 6.07) is 5.14. The first-order chi connectivity index (χ1) is 9.71. The Labute approximate surface area is 135 Å². The van der Waals surface area contributed by atoms with Crippen molar-refractivity contribution >= 4 is 11.3 Å². The van der Waals surface area contributed by atoms with Crippen molar-refractivity contribution in [1.29, 1.82) is 0 Å². The minimum absolute atomic E-state index is 0.180. The number of hydrogen-bond donors (Lipinski definition) is 1. The van der Waals surface area contributed by atoms with Gasteiger partial charge in [-0.3, -0.25) is 4.90 Å². The van der Waals surface area contributed by atoms with E-state index in [2.05, 4.69) is 76.0 Å². The highest BCUT2D eigenvalue weighted by Gasteiger charge is 2.15. The van der Waals surface area contributed by atoms with Crippen molar-refractivity contribution in [1.82, 2.24) is 15.1 Å². The van der Waals surface area contributed by atoms with Gasteiger partial charge in [0.25, 0.3) is 0 Å². The highest BCUT2D eigenvalue weighted by atomic mass is 32.1. The van der Waals surface area contributed by atoms with Crippen molar-refractivity contribution in [2.75, 3.05) is 27.2 Å². The molecule has 0 fully saturated rings. The molecule has 122 valence electrons. The topological polar surface area (TPSA) is 18.5 Å². The molecule has 0 bridgehead atoms. The molecule has 1 aromatic heterocycles. The van der Waals surface area contributed by atoms with Crippen LogP contribution in [0.25, 0.3) is 0 Å². The molecule has 1 aromatic rings. The van der Waals surface area contributed by atoms with Gasteiger partial charge in [-0.2, -0.15) is 0 Å². The molecule has 3 nitrogen and oxygen atoms in total. The summed E-state index contributed by atoms with van der Waals surface area (Å²) in [6.45, 7) is 15.4. The molecule has 0 spiro atoms. The van der Waals surface area contributed by atoms with Crippen molar-refractivity contribution in [2.24, 2.45) is 0 Å². The third kappa shape index (κ3) is 7.41. The first kappa shape index (κ1) is 18.6. The zero-order valence-corrected chi connectivity index (χ0v) is 15.7. The molecule has 0 amide bonds. The second-order valence-corrected chi connectivity index (χ2v) is 8.40. The van der Waals surface area contributed by atoms with Crippen LogP contribution in [0.5, 0.6) is 0 Å². The summed E-state index contributed by atoms with van der Waals surface area (Å²) in [4.78, 5) is 7.71. The number of thiophene rings is 1. The minimum atomic E-state index is 0.180. The van der Waals surface area contributed by atoms with E-state index in [1.807, 2.05) is 11.3 Å². The summed E-state index contributed by atoms with van der Waals surface area (Å²) < 4.78 is 0. The fourth-order valence-corrected chi connectivity index (χ4v) is 3.36. The molecule has 4 heteroatoms. The van der Waals surface area contributed by atoms with Crippen molar-refractivity contribution in [2.45, 2.75) is 59.3 Å². The molecule has 0 aliphatic heterocycles.